The zero-order valence-corrected chi connectivity index (χ0v) is 14.9. The molecule has 2 unspecified atom stereocenters. The van der Waals surface area contributed by atoms with E-state index in [-0.39, 0.29) is 11.8 Å². The van der Waals surface area contributed by atoms with Crippen LogP contribution in [0.1, 0.15) is 36.9 Å². The molecule has 1 aromatic heterocycles. The van der Waals surface area contributed by atoms with Crippen LogP contribution in [0.15, 0.2) is 54.7 Å². The van der Waals surface area contributed by atoms with Gasteiger partial charge in [0, 0.05) is 30.9 Å². The molecule has 0 bridgehead atoms. The smallest absolute Gasteiger partial charge is 0.227 e. The van der Waals surface area contributed by atoms with Gasteiger partial charge in [0.1, 0.15) is 0 Å². The molecule has 0 spiro atoms. The zero-order chi connectivity index (χ0) is 17.5. The Morgan fingerprint density at radius 3 is 2.52 bits per heavy atom. The summed E-state index contributed by atoms with van der Waals surface area (Å²) in [6.45, 7) is 5.19. The summed E-state index contributed by atoms with van der Waals surface area (Å²) < 4.78 is 0. The third-order valence-electron chi connectivity index (χ3n) is 4.99. The van der Waals surface area contributed by atoms with Crippen LogP contribution in [0.5, 0.6) is 0 Å². The predicted octanol–water partition coefficient (Wildman–Crippen LogP) is 3.01. The van der Waals surface area contributed by atoms with Crippen molar-refractivity contribution in [3.05, 3.63) is 66.0 Å². The number of nitrogens with one attached hydrogen (secondary N) is 1. The molecule has 1 aliphatic rings. The van der Waals surface area contributed by atoms with Crippen molar-refractivity contribution in [3.8, 4) is 0 Å². The zero-order valence-electron chi connectivity index (χ0n) is 14.9. The average molecular weight is 337 g/mol. The monoisotopic (exact) mass is 337 g/mol. The van der Waals surface area contributed by atoms with Gasteiger partial charge in [0.05, 0.1) is 5.92 Å². The minimum absolute atomic E-state index is 0.0860. The molecule has 1 aromatic carbocycles. The summed E-state index contributed by atoms with van der Waals surface area (Å²) in [6, 6.07) is 16.2. The second-order valence-corrected chi connectivity index (χ2v) is 6.83. The Labute approximate surface area is 150 Å². The molecule has 3 rings (SSSR count). The maximum atomic E-state index is 12.9. The molecule has 25 heavy (non-hydrogen) atoms. The Bertz CT molecular complexity index is 653. The number of rotatable bonds is 7. The highest BCUT2D eigenvalue weighted by atomic mass is 16.1. The molecule has 0 radical (unpaired) electrons. The van der Waals surface area contributed by atoms with Gasteiger partial charge in [-0.25, -0.2) is 0 Å². The molecule has 1 aliphatic heterocycles. The van der Waals surface area contributed by atoms with E-state index in [9.17, 15) is 4.79 Å². The molecule has 2 heterocycles. The first-order chi connectivity index (χ1) is 12.2. The first kappa shape index (κ1) is 17.6. The molecule has 1 amide bonds. The number of hydrogen-bond acceptors (Lipinski definition) is 3. The normalized spacial score (nSPS) is 17.2. The van der Waals surface area contributed by atoms with Crippen molar-refractivity contribution >= 4 is 5.91 Å². The summed E-state index contributed by atoms with van der Waals surface area (Å²) in [4.78, 5) is 19.8. The summed E-state index contributed by atoms with van der Waals surface area (Å²) in [5.74, 6) is -0.121. The largest absolute Gasteiger partial charge is 0.354 e. The fourth-order valence-corrected chi connectivity index (χ4v) is 3.46. The van der Waals surface area contributed by atoms with E-state index < -0.39 is 0 Å². The van der Waals surface area contributed by atoms with E-state index in [4.69, 9.17) is 0 Å². The highest BCUT2D eigenvalue weighted by Gasteiger charge is 2.23. The van der Waals surface area contributed by atoms with Gasteiger partial charge >= 0.3 is 0 Å². The van der Waals surface area contributed by atoms with Crippen LogP contribution in [0.3, 0.4) is 0 Å². The summed E-state index contributed by atoms with van der Waals surface area (Å²) in [5.41, 5.74) is 1.98. The summed E-state index contributed by atoms with van der Waals surface area (Å²) in [5, 5.41) is 3.17. The van der Waals surface area contributed by atoms with Crippen LogP contribution in [0.25, 0.3) is 0 Å². The van der Waals surface area contributed by atoms with Crippen molar-refractivity contribution in [1.29, 1.82) is 0 Å². The first-order valence-electron chi connectivity index (χ1n) is 9.20. The first-order valence-corrected chi connectivity index (χ1v) is 9.20. The molecule has 132 valence electrons. The van der Waals surface area contributed by atoms with E-state index in [1.54, 1.807) is 6.20 Å². The molecule has 1 saturated heterocycles. The Morgan fingerprint density at radius 2 is 1.84 bits per heavy atom. The molecule has 0 aliphatic carbocycles. The van der Waals surface area contributed by atoms with Crippen LogP contribution in [-0.2, 0) is 11.2 Å². The van der Waals surface area contributed by atoms with Crippen LogP contribution in [0, 0.1) is 0 Å². The van der Waals surface area contributed by atoms with Gasteiger partial charge in [0.2, 0.25) is 5.91 Å². The quantitative estimate of drug-likeness (QED) is 0.845. The highest BCUT2D eigenvalue weighted by molar-refractivity contribution is 5.84. The highest BCUT2D eigenvalue weighted by Crippen LogP contribution is 2.20. The van der Waals surface area contributed by atoms with E-state index in [1.165, 1.54) is 12.8 Å². The van der Waals surface area contributed by atoms with E-state index in [1.807, 2.05) is 48.5 Å². The molecule has 1 fully saturated rings. The van der Waals surface area contributed by atoms with Gasteiger partial charge in [-0.3, -0.25) is 14.7 Å². The van der Waals surface area contributed by atoms with Crippen LogP contribution < -0.4 is 5.32 Å². The number of nitrogens with zero attached hydrogens (tertiary/aromatic N) is 2. The number of amides is 1. The lowest BCUT2D eigenvalue weighted by Gasteiger charge is -2.25. The second kappa shape index (κ2) is 8.77. The van der Waals surface area contributed by atoms with Gasteiger partial charge in [-0.15, -0.1) is 0 Å². The summed E-state index contributed by atoms with van der Waals surface area (Å²) in [7, 11) is 0. The lowest BCUT2D eigenvalue weighted by molar-refractivity contribution is -0.122. The van der Waals surface area contributed by atoms with Gasteiger partial charge < -0.3 is 5.32 Å². The van der Waals surface area contributed by atoms with Crippen molar-refractivity contribution in [2.75, 3.05) is 19.6 Å². The van der Waals surface area contributed by atoms with E-state index >= 15 is 0 Å². The fraction of sp³-hybridized carbons (Fsp3) is 0.429. The maximum Gasteiger partial charge on any atom is 0.227 e. The number of benzene rings is 1. The number of pyridine rings is 1. The van der Waals surface area contributed by atoms with Crippen molar-refractivity contribution in [2.45, 2.75) is 38.1 Å². The van der Waals surface area contributed by atoms with Gasteiger partial charge in [-0.05, 0) is 50.6 Å². The molecule has 4 nitrogen and oxygen atoms in total. The Morgan fingerprint density at radius 1 is 1.12 bits per heavy atom. The summed E-state index contributed by atoms with van der Waals surface area (Å²) in [6.07, 6.45) is 4.94. The minimum atomic E-state index is -0.207. The average Bonchev–Trinajstić information content (AvgIpc) is 3.20. The van der Waals surface area contributed by atoms with Crippen molar-refractivity contribution in [1.82, 2.24) is 15.2 Å². The molecule has 2 atom stereocenters. The number of aromatic nitrogens is 1. The fourth-order valence-electron chi connectivity index (χ4n) is 3.46. The maximum absolute atomic E-state index is 12.9. The topological polar surface area (TPSA) is 45.2 Å². The van der Waals surface area contributed by atoms with Crippen molar-refractivity contribution < 1.29 is 4.79 Å². The lowest BCUT2D eigenvalue weighted by atomic mass is 9.93. The molecular formula is C21H27N3O. The number of likely N-dealkylation sites (tertiary alicyclic amines) is 1. The van der Waals surface area contributed by atoms with Crippen molar-refractivity contribution in [3.63, 3.8) is 0 Å². The molecular weight excluding hydrogens is 310 g/mol. The van der Waals surface area contributed by atoms with Gasteiger partial charge in [-0.2, -0.15) is 0 Å². The second-order valence-electron chi connectivity index (χ2n) is 6.83. The molecule has 2 aromatic rings. The third-order valence-corrected chi connectivity index (χ3v) is 4.99. The van der Waals surface area contributed by atoms with Gasteiger partial charge in [-0.1, -0.05) is 36.4 Å². The number of hydrogen-bond donors (Lipinski definition) is 1. The van der Waals surface area contributed by atoms with E-state index in [0.29, 0.717) is 19.0 Å². The molecule has 1 N–H and O–H groups in total. The van der Waals surface area contributed by atoms with Crippen LogP contribution >= 0.6 is 0 Å². The van der Waals surface area contributed by atoms with Gasteiger partial charge in [0.15, 0.2) is 0 Å². The van der Waals surface area contributed by atoms with Gasteiger partial charge in [0.25, 0.3) is 0 Å². The van der Waals surface area contributed by atoms with Crippen LogP contribution in [0.2, 0.25) is 0 Å². The van der Waals surface area contributed by atoms with E-state index in [0.717, 1.165) is 24.3 Å². The van der Waals surface area contributed by atoms with Crippen molar-refractivity contribution in [2.24, 2.45) is 0 Å². The molecule has 0 saturated carbocycles. The lowest BCUT2D eigenvalue weighted by Crippen LogP contribution is -2.42. The Balaban J connectivity index is 1.66. The Hall–Kier alpha value is -2.20. The summed E-state index contributed by atoms with van der Waals surface area (Å²) >= 11 is 0. The van der Waals surface area contributed by atoms with Crippen LogP contribution in [0.4, 0.5) is 0 Å². The minimum Gasteiger partial charge on any atom is -0.354 e. The predicted molar refractivity (Wildman–Crippen MR) is 100 cm³/mol. The van der Waals surface area contributed by atoms with Crippen LogP contribution in [-0.4, -0.2) is 41.5 Å². The number of carbonyl (C=O) groups excluding carboxylic acids is 1. The molecule has 4 heteroatoms. The number of carbonyl (C=O) groups is 1. The SMILES string of the molecule is CC(CNC(=O)C(Cc1ccccn1)c1ccccc1)N1CCCC1. The Kier molecular flexibility index (Phi) is 6.18. The third kappa shape index (κ3) is 4.89. The standard InChI is InChI=1S/C21H27N3O/c1-17(24-13-7-8-14-24)16-23-21(25)20(18-9-3-2-4-10-18)15-19-11-5-6-12-22-19/h2-6,9-12,17,20H,7-8,13-16H2,1H3,(H,23,25). The van der Waals surface area contributed by atoms with E-state index in [2.05, 4.69) is 22.1 Å².